The topological polar surface area (TPSA) is 114 Å². The third kappa shape index (κ3) is 4.47. The molecule has 0 radical (unpaired) electrons. The number of rotatable bonds is 5. The minimum atomic E-state index is -1.22. The number of thioether (sulfide) groups is 1. The summed E-state index contributed by atoms with van der Waals surface area (Å²) in [5.41, 5.74) is -0.359. The lowest BCUT2D eigenvalue weighted by molar-refractivity contribution is -0.178. The van der Waals surface area contributed by atoms with Crippen LogP contribution in [-0.2, 0) is 4.74 Å². The molecule has 3 N–H and O–H groups in total. The van der Waals surface area contributed by atoms with Crippen molar-refractivity contribution in [2.75, 3.05) is 6.61 Å². The van der Waals surface area contributed by atoms with E-state index in [1.165, 1.54) is 27.8 Å². The van der Waals surface area contributed by atoms with Crippen LogP contribution in [0.15, 0.2) is 34.7 Å². The van der Waals surface area contributed by atoms with Gasteiger partial charge in [-0.2, -0.15) is 0 Å². The van der Waals surface area contributed by atoms with Gasteiger partial charge < -0.3 is 20.1 Å². The van der Waals surface area contributed by atoms with E-state index in [0.717, 1.165) is 0 Å². The van der Waals surface area contributed by atoms with Gasteiger partial charge in [-0.3, -0.25) is 0 Å². The zero-order valence-electron chi connectivity index (χ0n) is 15.0. The van der Waals surface area contributed by atoms with E-state index in [1.54, 1.807) is 29.8 Å². The van der Waals surface area contributed by atoms with Crippen LogP contribution in [-0.4, -0.2) is 65.7 Å². The van der Waals surface area contributed by atoms with E-state index in [-0.39, 0.29) is 0 Å². The summed E-state index contributed by atoms with van der Waals surface area (Å²) in [6.07, 6.45) is -1.75. The Morgan fingerprint density at radius 3 is 2.63 bits per heavy atom. The maximum absolute atomic E-state index is 11.0. The number of benzene rings is 1. The number of nitrogens with zero attached hydrogens (tertiary/aromatic N) is 4. The first-order valence-electron chi connectivity index (χ1n) is 8.64. The molecule has 160 valence electrons. The predicted molar refractivity (Wildman–Crippen MR) is 115 cm³/mol. The quantitative estimate of drug-likeness (QED) is 0.481. The molecule has 4 rings (SSSR count). The van der Waals surface area contributed by atoms with Crippen LogP contribution in [0.3, 0.4) is 0 Å². The van der Waals surface area contributed by atoms with E-state index in [0.29, 0.717) is 30.8 Å². The summed E-state index contributed by atoms with van der Waals surface area (Å²) in [6, 6.07) is 4.12. The van der Waals surface area contributed by atoms with Gasteiger partial charge in [-0.15, -0.1) is 16.4 Å². The van der Waals surface area contributed by atoms with Crippen LogP contribution in [0.5, 0.6) is 0 Å². The minimum absolute atomic E-state index is 0.342. The molecule has 30 heavy (non-hydrogen) atoms. The fourth-order valence-corrected chi connectivity index (χ4v) is 5.41. The summed E-state index contributed by atoms with van der Waals surface area (Å²) < 4.78 is 7.08. The van der Waals surface area contributed by atoms with E-state index in [9.17, 15) is 15.3 Å². The van der Waals surface area contributed by atoms with Crippen molar-refractivity contribution in [1.29, 1.82) is 0 Å². The standard InChI is InChI=1S/C17H15Cl3N4O4S2/c18-8-2-1-7(3-9(8)19)30-17-15(27)13(14(26)11(5-25)28-17)24-4-10(22-23-24)16-21-12(20)6-29-16/h1-4,6,11,13-15,17,25-27H,5H2/t11?,13?,14-,15?,17+/m0/s1. The largest absolute Gasteiger partial charge is 0.394 e. The van der Waals surface area contributed by atoms with Gasteiger partial charge in [-0.25, -0.2) is 9.67 Å². The van der Waals surface area contributed by atoms with Gasteiger partial charge in [0.2, 0.25) is 0 Å². The molecule has 2 aromatic heterocycles. The summed E-state index contributed by atoms with van der Waals surface area (Å²) in [5.74, 6) is 0. The Bertz CT molecular complexity index is 1040. The third-order valence-corrected chi connectivity index (χ3v) is 7.58. The minimum Gasteiger partial charge on any atom is -0.394 e. The molecular formula is C17H15Cl3N4O4S2. The van der Waals surface area contributed by atoms with Crippen molar-refractivity contribution in [2.24, 2.45) is 0 Å². The third-order valence-electron chi connectivity index (χ3n) is 4.50. The molecular weight excluding hydrogens is 495 g/mol. The number of aromatic nitrogens is 4. The van der Waals surface area contributed by atoms with Gasteiger partial charge >= 0.3 is 0 Å². The van der Waals surface area contributed by atoms with Crippen LogP contribution in [0.4, 0.5) is 0 Å². The second kappa shape index (κ2) is 9.27. The number of ether oxygens (including phenoxy) is 1. The average molecular weight is 510 g/mol. The lowest BCUT2D eigenvalue weighted by Crippen LogP contribution is -2.55. The first-order valence-corrected chi connectivity index (χ1v) is 11.5. The molecule has 0 saturated carbocycles. The Labute approximate surface area is 194 Å². The molecule has 13 heteroatoms. The molecule has 1 aliphatic rings. The van der Waals surface area contributed by atoms with Gasteiger partial charge in [0, 0.05) is 10.3 Å². The lowest BCUT2D eigenvalue weighted by Gasteiger charge is -2.41. The number of aliphatic hydroxyl groups excluding tert-OH is 3. The van der Waals surface area contributed by atoms with Crippen molar-refractivity contribution in [1.82, 2.24) is 20.0 Å². The molecule has 1 fully saturated rings. The molecule has 1 aliphatic heterocycles. The van der Waals surface area contributed by atoms with Crippen LogP contribution < -0.4 is 0 Å². The van der Waals surface area contributed by atoms with Gasteiger partial charge in [0.15, 0.2) is 0 Å². The van der Waals surface area contributed by atoms with Crippen molar-refractivity contribution in [3.63, 3.8) is 0 Å². The second-order valence-corrected chi connectivity index (χ2v) is 9.68. The van der Waals surface area contributed by atoms with Crippen LogP contribution in [0.25, 0.3) is 10.7 Å². The molecule has 1 saturated heterocycles. The monoisotopic (exact) mass is 508 g/mol. The molecule has 3 unspecified atom stereocenters. The number of halogens is 3. The molecule has 5 atom stereocenters. The van der Waals surface area contributed by atoms with Gasteiger partial charge in [0.1, 0.15) is 45.6 Å². The predicted octanol–water partition coefficient (Wildman–Crippen LogP) is 3.13. The molecule has 3 aromatic rings. The van der Waals surface area contributed by atoms with Crippen molar-refractivity contribution in [2.45, 2.75) is 34.7 Å². The van der Waals surface area contributed by atoms with Crippen LogP contribution in [0.1, 0.15) is 6.04 Å². The highest BCUT2D eigenvalue weighted by molar-refractivity contribution is 7.99. The molecule has 0 bridgehead atoms. The summed E-state index contributed by atoms with van der Waals surface area (Å²) in [4.78, 5) is 4.85. The Balaban J connectivity index is 1.61. The molecule has 3 heterocycles. The zero-order valence-corrected chi connectivity index (χ0v) is 18.9. The van der Waals surface area contributed by atoms with Gasteiger partial charge in [-0.1, -0.05) is 51.8 Å². The maximum atomic E-state index is 11.0. The summed E-state index contributed by atoms with van der Waals surface area (Å²) >= 11 is 20.4. The second-order valence-electron chi connectivity index (χ2n) is 6.45. The van der Waals surface area contributed by atoms with Crippen molar-refractivity contribution >= 4 is 57.9 Å². The summed E-state index contributed by atoms with van der Waals surface area (Å²) in [5, 5.41) is 42.8. The summed E-state index contributed by atoms with van der Waals surface area (Å²) in [7, 11) is 0. The smallest absolute Gasteiger partial charge is 0.147 e. The molecule has 0 amide bonds. The zero-order chi connectivity index (χ0) is 21.4. The number of aliphatic hydroxyl groups is 3. The van der Waals surface area contributed by atoms with Gasteiger partial charge in [-0.05, 0) is 18.2 Å². The van der Waals surface area contributed by atoms with E-state index in [4.69, 9.17) is 39.5 Å². The normalized spacial score (nSPS) is 26.8. The van der Waals surface area contributed by atoms with Gasteiger partial charge in [0.05, 0.1) is 22.8 Å². The highest BCUT2D eigenvalue weighted by Crippen LogP contribution is 2.39. The Morgan fingerprint density at radius 1 is 1.17 bits per heavy atom. The Morgan fingerprint density at radius 2 is 1.97 bits per heavy atom. The van der Waals surface area contributed by atoms with Crippen LogP contribution in [0, 0.1) is 0 Å². The van der Waals surface area contributed by atoms with Crippen molar-refractivity contribution < 1.29 is 20.1 Å². The molecule has 0 spiro atoms. The van der Waals surface area contributed by atoms with Crippen molar-refractivity contribution in [3.05, 3.63) is 45.0 Å². The Kier molecular flexibility index (Phi) is 6.88. The van der Waals surface area contributed by atoms with E-state index in [1.807, 2.05) is 0 Å². The van der Waals surface area contributed by atoms with Crippen LogP contribution in [0.2, 0.25) is 15.2 Å². The Hall–Kier alpha value is -0.950. The fourth-order valence-electron chi connectivity index (χ4n) is 3.05. The fraction of sp³-hybridized carbons (Fsp3) is 0.353. The highest BCUT2D eigenvalue weighted by atomic mass is 35.5. The average Bonchev–Trinajstić information content (AvgIpc) is 3.36. The number of hydrogen-bond acceptors (Lipinski definition) is 9. The first-order chi connectivity index (χ1) is 14.4. The summed E-state index contributed by atoms with van der Waals surface area (Å²) in [6.45, 7) is -0.438. The molecule has 1 aromatic carbocycles. The number of thiazole rings is 1. The van der Waals surface area contributed by atoms with Gasteiger partial charge in [0.25, 0.3) is 0 Å². The maximum Gasteiger partial charge on any atom is 0.147 e. The SMILES string of the molecule is OCC1O[C@H](Sc2ccc(Cl)c(Cl)c2)C(O)C(n2cc(-c3nc(Cl)cs3)nn2)[C@H]1O. The van der Waals surface area contributed by atoms with E-state index < -0.39 is 36.4 Å². The molecule has 0 aliphatic carbocycles. The highest BCUT2D eigenvalue weighted by Gasteiger charge is 2.46. The molecule has 8 nitrogen and oxygen atoms in total. The van der Waals surface area contributed by atoms with E-state index >= 15 is 0 Å². The lowest BCUT2D eigenvalue weighted by atomic mass is 9.97. The number of hydrogen-bond donors (Lipinski definition) is 3. The van der Waals surface area contributed by atoms with Crippen LogP contribution >= 0.6 is 57.9 Å². The van der Waals surface area contributed by atoms with Crippen molar-refractivity contribution in [3.8, 4) is 10.7 Å². The first kappa shape index (κ1) is 22.3. The van der Waals surface area contributed by atoms with E-state index in [2.05, 4.69) is 15.3 Å².